The summed E-state index contributed by atoms with van der Waals surface area (Å²) in [7, 11) is -2.33. The molecule has 1 aromatic carbocycles. The van der Waals surface area contributed by atoms with Crippen LogP contribution in [0.4, 0.5) is 0 Å². The van der Waals surface area contributed by atoms with E-state index < -0.39 is 10.0 Å². The van der Waals surface area contributed by atoms with Gasteiger partial charge < -0.3 is 10.1 Å². The van der Waals surface area contributed by atoms with Gasteiger partial charge >= 0.3 is 0 Å². The number of ether oxygens (including phenoxy) is 1. The van der Waals surface area contributed by atoms with Gasteiger partial charge in [0, 0.05) is 6.04 Å². The zero-order valence-corrected chi connectivity index (χ0v) is 15.0. The van der Waals surface area contributed by atoms with Crippen molar-refractivity contribution in [2.24, 2.45) is 17.0 Å². The molecule has 0 unspecified atom stereocenters. The van der Waals surface area contributed by atoms with E-state index in [0.29, 0.717) is 17.7 Å². The average Bonchev–Trinajstić information content (AvgIpc) is 2.48. The first-order valence-electron chi connectivity index (χ1n) is 8.24. The summed E-state index contributed by atoms with van der Waals surface area (Å²) in [6.07, 6.45) is 4.54. The summed E-state index contributed by atoms with van der Waals surface area (Å²) in [5, 5.41) is 8.87. The SMILES string of the molecule is COc1ccc(CCN[C@@H]2CC[C@@H](C)C[C@H]2C)cc1S(N)(=O)=O. The number of rotatable bonds is 6. The van der Waals surface area contributed by atoms with Crippen LogP contribution in [0.2, 0.25) is 0 Å². The molecule has 5 nitrogen and oxygen atoms in total. The predicted octanol–water partition coefficient (Wildman–Crippen LogP) is 2.30. The molecule has 0 heterocycles. The van der Waals surface area contributed by atoms with Gasteiger partial charge in [-0.1, -0.05) is 19.9 Å². The van der Waals surface area contributed by atoms with Gasteiger partial charge in [0.15, 0.2) is 0 Å². The van der Waals surface area contributed by atoms with E-state index in [1.807, 2.05) is 6.07 Å². The Hall–Kier alpha value is -1.11. The largest absolute Gasteiger partial charge is 0.495 e. The van der Waals surface area contributed by atoms with Crippen molar-refractivity contribution in [2.75, 3.05) is 13.7 Å². The van der Waals surface area contributed by atoms with Gasteiger partial charge in [0.1, 0.15) is 10.6 Å². The molecule has 0 bridgehead atoms. The van der Waals surface area contributed by atoms with Crippen molar-refractivity contribution in [3.8, 4) is 5.75 Å². The number of sulfonamides is 1. The minimum absolute atomic E-state index is 0.0531. The third kappa shape index (κ3) is 4.93. The van der Waals surface area contributed by atoms with Crippen LogP contribution >= 0.6 is 0 Å². The highest BCUT2D eigenvalue weighted by Crippen LogP contribution is 2.28. The summed E-state index contributed by atoms with van der Waals surface area (Å²) in [6, 6.07) is 5.73. The zero-order chi connectivity index (χ0) is 17.0. The lowest BCUT2D eigenvalue weighted by Gasteiger charge is -2.33. The van der Waals surface area contributed by atoms with Crippen LogP contribution in [-0.4, -0.2) is 28.1 Å². The molecule has 3 atom stereocenters. The Balaban J connectivity index is 1.96. The van der Waals surface area contributed by atoms with E-state index in [0.717, 1.165) is 24.4 Å². The highest BCUT2D eigenvalue weighted by molar-refractivity contribution is 7.89. The number of benzene rings is 1. The molecule has 0 amide bonds. The maximum Gasteiger partial charge on any atom is 0.241 e. The van der Waals surface area contributed by atoms with Gasteiger partial charge in [-0.15, -0.1) is 0 Å². The Kier molecular flexibility index (Phi) is 6.06. The second-order valence-electron chi connectivity index (χ2n) is 6.74. The van der Waals surface area contributed by atoms with Crippen LogP contribution in [0.3, 0.4) is 0 Å². The summed E-state index contributed by atoms with van der Waals surface area (Å²) in [5.74, 6) is 1.80. The van der Waals surface area contributed by atoms with Gasteiger partial charge in [0.05, 0.1) is 7.11 Å². The predicted molar refractivity (Wildman–Crippen MR) is 92.0 cm³/mol. The average molecular weight is 340 g/mol. The standard InChI is InChI=1S/C17H28N2O3S/c1-12-4-6-15(13(2)10-12)19-9-8-14-5-7-16(22-3)17(11-14)23(18,20)21/h5,7,11-13,15,19H,4,6,8-10H2,1-3H3,(H2,18,20,21)/t12-,13-,15-/m1/s1. The van der Waals surface area contributed by atoms with Crippen molar-refractivity contribution >= 4 is 10.0 Å². The minimum atomic E-state index is -3.77. The number of hydrogen-bond donors (Lipinski definition) is 2. The third-order valence-corrected chi connectivity index (χ3v) is 5.72. The maximum atomic E-state index is 11.6. The Labute approximate surface area is 139 Å². The molecule has 0 spiro atoms. The molecule has 2 rings (SSSR count). The van der Waals surface area contributed by atoms with Gasteiger partial charge in [-0.25, -0.2) is 13.6 Å². The van der Waals surface area contributed by atoms with Crippen molar-refractivity contribution in [3.05, 3.63) is 23.8 Å². The molecule has 1 aromatic rings. The number of primary sulfonamides is 1. The van der Waals surface area contributed by atoms with Crippen molar-refractivity contribution in [2.45, 2.75) is 50.5 Å². The minimum Gasteiger partial charge on any atom is -0.495 e. The van der Waals surface area contributed by atoms with E-state index in [1.54, 1.807) is 12.1 Å². The van der Waals surface area contributed by atoms with E-state index in [9.17, 15) is 8.42 Å². The van der Waals surface area contributed by atoms with E-state index in [2.05, 4.69) is 19.2 Å². The monoisotopic (exact) mass is 340 g/mol. The van der Waals surface area contributed by atoms with Crippen molar-refractivity contribution in [3.63, 3.8) is 0 Å². The quantitative estimate of drug-likeness (QED) is 0.832. The van der Waals surface area contributed by atoms with Crippen LogP contribution in [0.15, 0.2) is 23.1 Å². The summed E-state index contributed by atoms with van der Waals surface area (Å²) in [4.78, 5) is 0.0531. The molecule has 1 fully saturated rings. The summed E-state index contributed by atoms with van der Waals surface area (Å²) in [5.41, 5.74) is 0.944. The molecular weight excluding hydrogens is 312 g/mol. The Morgan fingerprint density at radius 3 is 2.65 bits per heavy atom. The fourth-order valence-corrected chi connectivity index (χ4v) is 4.22. The molecule has 23 heavy (non-hydrogen) atoms. The Bertz CT molecular complexity index is 631. The molecule has 6 heteroatoms. The van der Waals surface area contributed by atoms with Crippen LogP contribution in [0.1, 0.15) is 38.7 Å². The van der Waals surface area contributed by atoms with E-state index in [4.69, 9.17) is 9.88 Å². The van der Waals surface area contributed by atoms with E-state index in [-0.39, 0.29) is 4.90 Å². The van der Waals surface area contributed by atoms with E-state index >= 15 is 0 Å². The van der Waals surface area contributed by atoms with Crippen LogP contribution in [-0.2, 0) is 16.4 Å². The van der Waals surface area contributed by atoms with Gasteiger partial charge in [-0.3, -0.25) is 0 Å². The molecule has 3 N–H and O–H groups in total. The number of nitrogens with two attached hydrogens (primary N) is 1. The number of hydrogen-bond acceptors (Lipinski definition) is 4. The van der Waals surface area contributed by atoms with Crippen molar-refractivity contribution in [1.29, 1.82) is 0 Å². The first kappa shape index (κ1) is 18.2. The third-order valence-electron chi connectivity index (χ3n) is 4.79. The normalized spacial score (nSPS) is 25.3. The summed E-state index contributed by atoms with van der Waals surface area (Å²) in [6.45, 7) is 5.46. The van der Waals surface area contributed by atoms with Gasteiger partial charge in [0.2, 0.25) is 10.0 Å². The van der Waals surface area contributed by atoms with E-state index in [1.165, 1.54) is 26.4 Å². The highest BCUT2D eigenvalue weighted by Gasteiger charge is 2.24. The fraction of sp³-hybridized carbons (Fsp3) is 0.647. The van der Waals surface area contributed by atoms with Gasteiger partial charge in [0.25, 0.3) is 0 Å². The van der Waals surface area contributed by atoms with Crippen LogP contribution < -0.4 is 15.2 Å². The fourth-order valence-electron chi connectivity index (χ4n) is 3.47. The molecule has 1 aliphatic rings. The Morgan fingerprint density at radius 1 is 1.30 bits per heavy atom. The molecule has 1 saturated carbocycles. The topological polar surface area (TPSA) is 81.4 Å². The Morgan fingerprint density at radius 2 is 2.04 bits per heavy atom. The number of methoxy groups -OCH3 is 1. The van der Waals surface area contributed by atoms with Gasteiger partial charge in [-0.2, -0.15) is 0 Å². The maximum absolute atomic E-state index is 11.6. The second kappa shape index (κ2) is 7.64. The van der Waals surface area contributed by atoms with Crippen LogP contribution in [0, 0.1) is 11.8 Å². The molecule has 1 aliphatic carbocycles. The first-order chi connectivity index (χ1) is 10.8. The van der Waals surface area contributed by atoms with Crippen molar-refractivity contribution < 1.29 is 13.2 Å². The molecule has 0 aromatic heterocycles. The lowest BCUT2D eigenvalue weighted by molar-refractivity contribution is 0.229. The smallest absolute Gasteiger partial charge is 0.241 e. The first-order valence-corrected chi connectivity index (χ1v) is 9.79. The molecule has 130 valence electrons. The number of nitrogens with one attached hydrogen (secondary N) is 1. The van der Waals surface area contributed by atoms with Crippen molar-refractivity contribution in [1.82, 2.24) is 5.32 Å². The van der Waals surface area contributed by atoms with Crippen LogP contribution in [0.5, 0.6) is 5.75 Å². The molecule has 0 radical (unpaired) electrons. The zero-order valence-electron chi connectivity index (χ0n) is 14.2. The molecule has 0 saturated heterocycles. The molecular formula is C17H28N2O3S. The molecule has 0 aliphatic heterocycles. The summed E-state index contributed by atoms with van der Waals surface area (Å²) < 4.78 is 28.4. The highest BCUT2D eigenvalue weighted by atomic mass is 32.2. The lowest BCUT2D eigenvalue weighted by atomic mass is 9.80. The lowest BCUT2D eigenvalue weighted by Crippen LogP contribution is -2.39. The van der Waals surface area contributed by atoms with Crippen LogP contribution in [0.25, 0.3) is 0 Å². The second-order valence-corrected chi connectivity index (χ2v) is 8.27. The van der Waals surface area contributed by atoms with Gasteiger partial charge in [-0.05, 0) is 61.8 Å². The summed E-state index contributed by atoms with van der Waals surface area (Å²) >= 11 is 0.